The number of likely N-dealkylation sites (tertiary alicyclic amines) is 1. The minimum atomic E-state index is 0. The monoisotopic (exact) mass is 373 g/mol. The fourth-order valence-electron chi connectivity index (χ4n) is 3.03. The second kappa shape index (κ2) is 10.9. The van der Waals surface area contributed by atoms with Gasteiger partial charge in [-0.15, -0.1) is 24.8 Å². The molecule has 1 aliphatic heterocycles. The number of benzene rings is 1. The van der Waals surface area contributed by atoms with Crippen molar-refractivity contribution < 1.29 is 4.79 Å². The van der Waals surface area contributed by atoms with E-state index in [4.69, 9.17) is 0 Å². The van der Waals surface area contributed by atoms with E-state index in [1.807, 2.05) is 0 Å². The summed E-state index contributed by atoms with van der Waals surface area (Å²) >= 11 is 0. The van der Waals surface area contributed by atoms with Crippen molar-refractivity contribution in [1.82, 2.24) is 15.5 Å². The number of halogens is 2. The lowest BCUT2D eigenvalue weighted by Crippen LogP contribution is -2.34. The molecular weight excluding hydrogens is 345 g/mol. The molecule has 1 aromatic carbocycles. The van der Waals surface area contributed by atoms with Gasteiger partial charge in [-0.3, -0.25) is 9.69 Å². The lowest BCUT2D eigenvalue weighted by Gasteiger charge is -2.17. The molecule has 0 atom stereocenters. The average Bonchev–Trinajstić information content (AvgIpc) is 3.21. The number of hydrogen-bond acceptors (Lipinski definition) is 3. The molecule has 1 amide bonds. The molecular formula is C18H29Cl2N3O. The minimum Gasteiger partial charge on any atom is -0.351 e. The number of carbonyl (C=O) groups excluding carboxylic acids is 1. The molecule has 0 aromatic heterocycles. The number of nitrogens with one attached hydrogen (secondary N) is 2. The smallest absolute Gasteiger partial charge is 0.234 e. The Hall–Kier alpha value is -0.810. The van der Waals surface area contributed by atoms with Crippen LogP contribution in [-0.2, 0) is 17.9 Å². The predicted molar refractivity (Wildman–Crippen MR) is 103 cm³/mol. The fraction of sp³-hybridized carbons (Fsp3) is 0.611. The van der Waals surface area contributed by atoms with Crippen LogP contribution in [0.5, 0.6) is 0 Å². The summed E-state index contributed by atoms with van der Waals surface area (Å²) in [6.45, 7) is 5.46. The Morgan fingerprint density at radius 1 is 1.08 bits per heavy atom. The van der Waals surface area contributed by atoms with Crippen molar-refractivity contribution in [1.29, 1.82) is 0 Å². The Morgan fingerprint density at radius 3 is 2.42 bits per heavy atom. The summed E-state index contributed by atoms with van der Waals surface area (Å²) in [6.07, 6.45) is 5.26. The predicted octanol–water partition coefficient (Wildman–Crippen LogP) is 2.74. The standard InChI is InChI=1S/C18H27N3O.2ClH/c22-18(13-19-11-15-7-8-15)20-12-16-5-1-2-6-17(16)14-21-9-3-4-10-21;;/h1-2,5-6,15,19H,3-4,7-14H2,(H,20,22);2*1H. The maximum Gasteiger partial charge on any atom is 0.234 e. The summed E-state index contributed by atoms with van der Waals surface area (Å²) in [5.74, 6) is 0.908. The Morgan fingerprint density at radius 2 is 1.75 bits per heavy atom. The molecule has 2 aliphatic rings. The molecule has 136 valence electrons. The zero-order valence-corrected chi connectivity index (χ0v) is 15.8. The first kappa shape index (κ1) is 21.2. The van der Waals surface area contributed by atoms with E-state index in [-0.39, 0.29) is 30.7 Å². The van der Waals surface area contributed by atoms with Crippen LogP contribution in [0, 0.1) is 5.92 Å². The van der Waals surface area contributed by atoms with Gasteiger partial charge in [0, 0.05) is 13.1 Å². The van der Waals surface area contributed by atoms with Crippen molar-refractivity contribution in [2.45, 2.75) is 38.8 Å². The van der Waals surface area contributed by atoms with Crippen molar-refractivity contribution in [2.24, 2.45) is 5.92 Å². The van der Waals surface area contributed by atoms with E-state index in [1.54, 1.807) is 0 Å². The van der Waals surface area contributed by atoms with E-state index in [2.05, 4.69) is 39.8 Å². The molecule has 0 unspecified atom stereocenters. The first-order valence-electron chi connectivity index (χ1n) is 8.58. The van der Waals surface area contributed by atoms with Crippen LogP contribution in [-0.4, -0.2) is 37.0 Å². The molecule has 1 aliphatic carbocycles. The third-order valence-electron chi connectivity index (χ3n) is 4.60. The van der Waals surface area contributed by atoms with Crippen LogP contribution in [0.25, 0.3) is 0 Å². The van der Waals surface area contributed by atoms with Gasteiger partial charge in [-0.25, -0.2) is 0 Å². The Bertz CT molecular complexity index is 503. The highest BCUT2D eigenvalue weighted by Gasteiger charge is 2.20. The highest BCUT2D eigenvalue weighted by Crippen LogP contribution is 2.27. The van der Waals surface area contributed by atoms with Crippen LogP contribution in [0.1, 0.15) is 36.8 Å². The summed E-state index contributed by atoms with van der Waals surface area (Å²) in [7, 11) is 0. The average molecular weight is 374 g/mol. The van der Waals surface area contributed by atoms with Crippen LogP contribution in [0.15, 0.2) is 24.3 Å². The van der Waals surface area contributed by atoms with Gasteiger partial charge in [0.25, 0.3) is 0 Å². The Labute approximate surface area is 157 Å². The fourth-order valence-corrected chi connectivity index (χ4v) is 3.03. The molecule has 2 N–H and O–H groups in total. The van der Waals surface area contributed by atoms with Crippen molar-refractivity contribution in [2.75, 3.05) is 26.2 Å². The molecule has 1 saturated carbocycles. The third-order valence-corrected chi connectivity index (χ3v) is 4.60. The van der Waals surface area contributed by atoms with Crippen molar-refractivity contribution in [3.8, 4) is 0 Å². The van der Waals surface area contributed by atoms with Crippen LogP contribution < -0.4 is 10.6 Å². The molecule has 1 heterocycles. The zero-order chi connectivity index (χ0) is 15.2. The van der Waals surface area contributed by atoms with Gasteiger partial charge >= 0.3 is 0 Å². The highest BCUT2D eigenvalue weighted by molar-refractivity contribution is 5.85. The van der Waals surface area contributed by atoms with Gasteiger partial charge in [0.05, 0.1) is 6.54 Å². The third kappa shape index (κ3) is 6.98. The lowest BCUT2D eigenvalue weighted by atomic mass is 10.1. The second-order valence-corrected chi connectivity index (χ2v) is 6.60. The summed E-state index contributed by atoms with van der Waals surface area (Å²) in [5, 5.41) is 6.27. The van der Waals surface area contributed by atoms with Crippen LogP contribution >= 0.6 is 24.8 Å². The van der Waals surface area contributed by atoms with E-state index in [1.165, 1.54) is 49.9 Å². The van der Waals surface area contributed by atoms with Crippen molar-refractivity contribution >= 4 is 30.7 Å². The quantitative estimate of drug-likeness (QED) is 0.736. The number of carbonyl (C=O) groups is 1. The zero-order valence-electron chi connectivity index (χ0n) is 14.1. The Kier molecular flexibility index (Phi) is 9.67. The first-order valence-corrected chi connectivity index (χ1v) is 8.58. The number of nitrogens with zero attached hydrogens (tertiary/aromatic N) is 1. The molecule has 6 heteroatoms. The second-order valence-electron chi connectivity index (χ2n) is 6.60. The molecule has 0 spiro atoms. The van der Waals surface area contributed by atoms with E-state index >= 15 is 0 Å². The van der Waals surface area contributed by atoms with E-state index < -0.39 is 0 Å². The number of hydrogen-bond donors (Lipinski definition) is 2. The summed E-state index contributed by atoms with van der Waals surface area (Å²) in [5.41, 5.74) is 2.58. The van der Waals surface area contributed by atoms with Crippen LogP contribution in [0.4, 0.5) is 0 Å². The molecule has 0 bridgehead atoms. The molecule has 1 saturated heterocycles. The van der Waals surface area contributed by atoms with Gasteiger partial charge in [-0.05, 0) is 62.4 Å². The van der Waals surface area contributed by atoms with Gasteiger partial charge in [0.1, 0.15) is 0 Å². The van der Waals surface area contributed by atoms with Gasteiger partial charge < -0.3 is 10.6 Å². The summed E-state index contributed by atoms with van der Waals surface area (Å²) < 4.78 is 0. The maximum absolute atomic E-state index is 11.9. The molecule has 4 nitrogen and oxygen atoms in total. The van der Waals surface area contributed by atoms with E-state index in [0.29, 0.717) is 13.1 Å². The SMILES string of the molecule is Cl.Cl.O=C(CNCC1CC1)NCc1ccccc1CN1CCCC1. The van der Waals surface area contributed by atoms with Gasteiger partial charge in [-0.2, -0.15) is 0 Å². The molecule has 24 heavy (non-hydrogen) atoms. The van der Waals surface area contributed by atoms with Crippen molar-refractivity contribution in [3.05, 3.63) is 35.4 Å². The van der Waals surface area contributed by atoms with Gasteiger partial charge in [0.15, 0.2) is 0 Å². The van der Waals surface area contributed by atoms with Crippen LogP contribution in [0.2, 0.25) is 0 Å². The molecule has 1 aromatic rings. The number of amides is 1. The molecule has 0 radical (unpaired) electrons. The summed E-state index contributed by atoms with van der Waals surface area (Å²) in [6, 6.07) is 8.46. The Balaban J connectivity index is 0.00000144. The van der Waals surface area contributed by atoms with Gasteiger partial charge in [0.2, 0.25) is 5.91 Å². The highest BCUT2D eigenvalue weighted by atomic mass is 35.5. The van der Waals surface area contributed by atoms with E-state index in [0.717, 1.165) is 19.0 Å². The molecule has 3 rings (SSSR count). The van der Waals surface area contributed by atoms with Gasteiger partial charge in [-0.1, -0.05) is 24.3 Å². The molecule has 2 fully saturated rings. The minimum absolute atomic E-state index is 0. The maximum atomic E-state index is 11.9. The number of rotatable bonds is 8. The van der Waals surface area contributed by atoms with Crippen molar-refractivity contribution in [3.63, 3.8) is 0 Å². The summed E-state index contributed by atoms with van der Waals surface area (Å²) in [4.78, 5) is 14.4. The van der Waals surface area contributed by atoms with Crippen LogP contribution in [0.3, 0.4) is 0 Å². The van der Waals surface area contributed by atoms with E-state index in [9.17, 15) is 4.79 Å². The normalized spacial score (nSPS) is 17.0. The lowest BCUT2D eigenvalue weighted by molar-refractivity contribution is -0.120. The first-order chi connectivity index (χ1) is 10.8. The topological polar surface area (TPSA) is 44.4 Å². The largest absolute Gasteiger partial charge is 0.351 e.